The number of para-hydroxylation sites is 1. The van der Waals surface area contributed by atoms with Crippen molar-refractivity contribution in [2.75, 3.05) is 0 Å². The van der Waals surface area contributed by atoms with Crippen LogP contribution in [0.2, 0.25) is 0 Å². The summed E-state index contributed by atoms with van der Waals surface area (Å²) in [5.41, 5.74) is 1.42. The number of rotatable bonds is 3. The number of phenolic OH excluding ortho intramolecular Hbond substituents is 1. The van der Waals surface area contributed by atoms with Gasteiger partial charge in [0.25, 0.3) is 0 Å². The SMILES string of the molecule is Cc1ccc2oc3c(C=O)cc(C(=O)c4ccccc4O)cc3c(=O)c2c1. The Balaban J connectivity index is 2.04. The largest absolute Gasteiger partial charge is 0.507 e. The number of aromatic hydroxyl groups is 1. The Morgan fingerprint density at radius 3 is 2.56 bits per heavy atom. The zero-order chi connectivity index (χ0) is 19.1. The molecule has 0 aliphatic carbocycles. The van der Waals surface area contributed by atoms with Gasteiger partial charge in [-0.3, -0.25) is 14.4 Å². The molecule has 0 radical (unpaired) electrons. The van der Waals surface area contributed by atoms with Crippen LogP contribution in [0.4, 0.5) is 0 Å². The van der Waals surface area contributed by atoms with Gasteiger partial charge in [-0.2, -0.15) is 0 Å². The number of hydrogen-bond donors (Lipinski definition) is 1. The van der Waals surface area contributed by atoms with E-state index in [1.54, 1.807) is 24.3 Å². The quantitative estimate of drug-likeness (QED) is 0.340. The molecule has 0 saturated carbocycles. The average Bonchev–Trinajstić information content (AvgIpc) is 2.68. The topological polar surface area (TPSA) is 84.6 Å². The molecule has 0 unspecified atom stereocenters. The van der Waals surface area contributed by atoms with Crippen molar-refractivity contribution in [3.8, 4) is 5.75 Å². The third kappa shape index (κ3) is 2.69. The molecule has 0 fully saturated rings. The molecule has 4 rings (SSSR count). The van der Waals surface area contributed by atoms with Crippen LogP contribution in [0, 0.1) is 6.92 Å². The van der Waals surface area contributed by atoms with Crippen LogP contribution in [0.3, 0.4) is 0 Å². The van der Waals surface area contributed by atoms with Crippen molar-refractivity contribution in [1.82, 2.24) is 0 Å². The van der Waals surface area contributed by atoms with Crippen molar-refractivity contribution < 1.29 is 19.1 Å². The van der Waals surface area contributed by atoms with Gasteiger partial charge in [0.05, 0.1) is 21.9 Å². The third-order valence-corrected chi connectivity index (χ3v) is 4.49. The molecule has 3 aromatic carbocycles. The van der Waals surface area contributed by atoms with Crippen LogP contribution in [-0.2, 0) is 0 Å². The van der Waals surface area contributed by atoms with E-state index in [9.17, 15) is 19.5 Å². The summed E-state index contributed by atoms with van der Waals surface area (Å²) in [6.07, 6.45) is 0.549. The van der Waals surface area contributed by atoms with Gasteiger partial charge >= 0.3 is 0 Å². The first-order chi connectivity index (χ1) is 13.0. The molecule has 0 aliphatic heterocycles. The summed E-state index contributed by atoms with van der Waals surface area (Å²) in [6.45, 7) is 1.86. The van der Waals surface area contributed by atoms with E-state index in [2.05, 4.69) is 0 Å². The predicted octanol–water partition coefficient (Wildman–Crippen LogP) is 4.00. The van der Waals surface area contributed by atoms with Crippen molar-refractivity contribution in [2.24, 2.45) is 0 Å². The zero-order valence-electron chi connectivity index (χ0n) is 14.4. The van der Waals surface area contributed by atoms with Crippen molar-refractivity contribution in [2.45, 2.75) is 6.92 Å². The lowest BCUT2D eigenvalue weighted by Crippen LogP contribution is -2.08. The van der Waals surface area contributed by atoms with E-state index in [-0.39, 0.29) is 38.8 Å². The Morgan fingerprint density at radius 2 is 1.81 bits per heavy atom. The highest BCUT2D eigenvalue weighted by Crippen LogP contribution is 2.26. The molecule has 0 spiro atoms. The number of carbonyl (C=O) groups excluding carboxylic acids is 2. The van der Waals surface area contributed by atoms with Gasteiger partial charge in [0, 0.05) is 5.56 Å². The molecule has 0 atom stereocenters. The van der Waals surface area contributed by atoms with Crippen LogP contribution in [-0.4, -0.2) is 17.2 Å². The van der Waals surface area contributed by atoms with Gasteiger partial charge in [-0.05, 0) is 43.3 Å². The molecule has 27 heavy (non-hydrogen) atoms. The zero-order valence-corrected chi connectivity index (χ0v) is 14.4. The minimum atomic E-state index is -0.484. The number of ketones is 1. The molecule has 4 aromatic rings. The molecule has 5 nitrogen and oxygen atoms in total. The highest BCUT2D eigenvalue weighted by Gasteiger charge is 2.18. The van der Waals surface area contributed by atoms with Gasteiger partial charge in [-0.15, -0.1) is 0 Å². The molecular formula is C22H14O5. The number of aryl methyl sites for hydroxylation is 1. The first kappa shape index (κ1) is 16.7. The monoisotopic (exact) mass is 358 g/mol. The fraction of sp³-hybridized carbons (Fsp3) is 0.0455. The van der Waals surface area contributed by atoms with Gasteiger partial charge in [0.15, 0.2) is 12.1 Å². The molecule has 0 amide bonds. The van der Waals surface area contributed by atoms with Gasteiger partial charge in [-0.1, -0.05) is 23.8 Å². The number of aldehydes is 1. The van der Waals surface area contributed by atoms with E-state index in [0.29, 0.717) is 17.3 Å². The van der Waals surface area contributed by atoms with E-state index in [0.717, 1.165) is 5.56 Å². The highest BCUT2D eigenvalue weighted by atomic mass is 16.3. The van der Waals surface area contributed by atoms with Crippen LogP contribution in [0.1, 0.15) is 31.8 Å². The summed E-state index contributed by atoms with van der Waals surface area (Å²) >= 11 is 0. The second-order valence-corrected chi connectivity index (χ2v) is 6.34. The summed E-state index contributed by atoms with van der Waals surface area (Å²) < 4.78 is 5.78. The van der Waals surface area contributed by atoms with Crippen LogP contribution < -0.4 is 5.43 Å². The van der Waals surface area contributed by atoms with Crippen LogP contribution in [0.5, 0.6) is 5.75 Å². The maximum Gasteiger partial charge on any atom is 0.200 e. The lowest BCUT2D eigenvalue weighted by Gasteiger charge is -2.08. The molecular weight excluding hydrogens is 344 g/mol. The van der Waals surface area contributed by atoms with Gasteiger partial charge in [-0.25, -0.2) is 0 Å². The van der Waals surface area contributed by atoms with Crippen molar-refractivity contribution in [3.05, 3.63) is 87.1 Å². The molecule has 0 saturated heterocycles. The maximum absolute atomic E-state index is 12.9. The number of benzene rings is 3. The van der Waals surface area contributed by atoms with E-state index >= 15 is 0 Å². The second-order valence-electron chi connectivity index (χ2n) is 6.34. The smallest absolute Gasteiger partial charge is 0.200 e. The highest BCUT2D eigenvalue weighted by molar-refractivity contribution is 6.13. The van der Waals surface area contributed by atoms with Crippen molar-refractivity contribution in [1.29, 1.82) is 0 Å². The normalized spacial score (nSPS) is 11.0. The second kappa shape index (κ2) is 6.21. The van der Waals surface area contributed by atoms with Crippen LogP contribution >= 0.6 is 0 Å². The van der Waals surface area contributed by atoms with Crippen molar-refractivity contribution >= 4 is 34.0 Å². The minimum absolute atomic E-state index is 0.0923. The van der Waals surface area contributed by atoms with Crippen LogP contribution in [0.15, 0.2) is 63.8 Å². The minimum Gasteiger partial charge on any atom is -0.507 e. The molecule has 0 bridgehead atoms. The van der Waals surface area contributed by atoms with Gasteiger partial charge in [0.1, 0.15) is 16.9 Å². The lowest BCUT2D eigenvalue weighted by molar-refractivity contribution is 0.103. The number of hydrogen-bond acceptors (Lipinski definition) is 5. The molecule has 1 heterocycles. The van der Waals surface area contributed by atoms with E-state index in [4.69, 9.17) is 4.42 Å². The number of fused-ring (bicyclic) bond motifs is 2. The summed E-state index contributed by atoms with van der Waals surface area (Å²) in [4.78, 5) is 37.3. The standard InChI is InChI=1S/C22H14O5/c1-12-6-7-19-16(8-12)21(26)17-10-13(9-14(11-23)22(17)27-19)20(25)15-4-2-3-5-18(15)24/h2-11,24H,1H3. The summed E-state index contributed by atoms with van der Waals surface area (Å²) in [6, 6.07) is 14.1. The Kier molecular flexibility index (Phi) is 3.85. The molecule has 132 valence electrons. The van der Waals surface area contributed by atoms with Gasteiger partial charge in [0.2, 0.25) is 5.43 Å². The summed E-state index contributed by atoms with van der Waals surface area (Å²) in [5.74, 6) is -0.654. The van der Waals surface area contributed by atoms with E-state index < -0.39 is 5.78 Å². The Labute approximate surface area is 153 Å². The Hall–Kier alpha value is -3.73. The summed E-state index contributed by atoms with van der Waals surface area (Å²) in [7, 11) is 0. The Bertz CT molecular complexity index is 1300. The summed E-state index contributed by atoms with van der Waals surface area (Å²) in [5, 5.41) is 10.5. The lowest BCUT2D eigenvalue weighted by atomic mass is 9.98. The molecule has 0 aliphatic rings. The van der Waals surface area contributed by atoms with Gasteiger partial charge < -0.3 is 9.52 Å². The average molecular weight is 358 g/mol. The fourth-order valence-electron chi connectivity index (χ4n) is 3.14. The van der Waals surface area contributed by atoms with Crippen LogP contribution in [0.25, 0.3) is 21.9 Å². The number of carbonyl (C=O) groups is 2. The molecule has 5 heteroatoms. The fourth-order valence-corrected chi connectivity index (χ4v) is 3.14. The van der Waals surface area contributed by atoms with Crippen molar-refractivity contribution in [3.63, 3.8) is 0 Å². The Morgan fingerprint density at radius 1 is 1.04 bits per heavy atom. The third-order valence-electron chi connectivity index (χ3n) is 4.49. The molecule has 1 N–H and O–H groups in total. The van der Waals surface area contributed by atoms with E-state index in [1.807, 2.05) is 13.0 Å². The predicted molar refractivity (Wildman–Crippen MR) is 102 cm³/mol. The maximum atomic E-state index is 12.9. The van der Waals surface area contributed by atoms with E-state index in [1.165, 1.54) is 24.3 Å². The first-order valence-corrected chi connectivity index (χ1v) is 8.28. The number of phenols is 1. The molecule has 1 aromatic heterocycles. The first-order valence-electron chi connectivity index (χ1n) is 8.28.